The van der Waals surface area contributed by atoms with Crippen LogP contribution in [0.3, 0.4) is 0 Å². The van der Waals surface area contributed by atoms with Gasteiger partial charge in [-0.1, -0.05) is 24.3 Å². The lowest BCUT2D eigenvalue weighted by atomic mass is 9.95. The van der Waals surface area contributed by atoms with E-state index in [4.69, 9.17) is 0 Å². The monoisotopic (exact) mass is 321 g/mol. The number of hydrogen-bond acceptors (Lipinski definition) is 4. The Bertz CT molecular complexity index is 642. The maximum Gasteiger partial charge on any atom is 0.237 e. The second kappa shape index (κ2) is 7.38. The van der Waals surface area contributed by atoms with Crippen molar-refractivity contribution in [2.24, 2.45) is 7.05 Å². The molecule has 6 nitrogen and oxygen atoms in total. The Labute approximate surface area is 135 Å². The molecule has 0 fully saturated rings. The van der Waals surface area contributed by atoms with Gasteiger partial charge in [0.2, 0.25) is 5.91 Å². The zero-order valence-electron chi connectivity index (χ0n) is 12.5. The Morgan fingerprint density at radius 2 is 2.18 bits per heavy atom. The number of nitrogens with zero attached hydrogens (tertiary/aromatic N) is 3. The van der Waals surface area contributed by atoms with Crippen LogP contribution in [0.15, 0.2) is 30.6 Å². The number of halogens is 1. The molecule has 1 amide bonds. The molecule has 0 radical (unpaired) electrons. The van der Waals surface area contributed by atoms with Gasteiger partial charge in [0.1, 0.15) is 6.33 Å². The second-order valence-electron chi connectivity index (χ2n) is 5.28. The number of rotatable bonds is 4. The van der Waals surface area contributed by atoms with E-state index in [2.05, 4.69) is 32.8 Å². The molecule has 7 heteroatoms. The summed E-state index contributed by atoms with van der Waals surface area (Å²) < 4.78 is 1.66. The first kappa shape index (κ1) is 16.5. The maximum atomic E-state index is 12.2. The van der Waals surface area contributed by atoms with Crippen molar-refractivity contribution in [3.05, 3.63) is 47.5 Å². The number of aromatic nitrogens is 3. The quantitative estimate of drug-likeness (QED) is 0.865. The van der Waals surface area contributed by atoms with Crippen molar-refractivity contribution in [1.29, 1.82) is 0 Å². The predicted molar refractivity (Wildman–Crippen MR) is 85.7 cm³/mol. The number of benzene rings is 1. The summed E-state index contributed by atoms with van der Waals surface area (Å²) in [6.45, 7) is 1.30. The van der Waals surface area contributed by atoms with E-state index in [0.29, 0.717) is 13.0 Å². The molecule has 0 spiro atoms. The molecular weight excluding hydrogens is 302 g/mol. The molecule has 1 aromatic heterocycles. The Kier molecular flexibility index (Phi) is 5.51. The van der Waals surface area contributed by atoms with E-state index in [1.165, 1.54) is 11.1 Å². The maximum absolute atomic E-state index is 12.2. The van der Waals surface area contributed by atoms with E-state index in [1.807, 2.05) is 19.2 Å². The lowest BCUT2D eigenvalue weighted by Crippen LogP contribution is -2.48. The highest BCUT2D eigenvalue weighted by Gasteiger charge is 2.23. The predicted octanol–water partition coefficient (Wildman–Crippen LogP) is 0.610. The van der Waals surface area contributed by atoms with Gasteiger partial charge in [-0.25, -0.2) is 4.98 Å². The van der Waals surface area contributed by atoms with Gasteiger partial charge in [-0.05, 0) is 17.5 Å². The highest BCUT2D eigenvalue weighted by molar-refractivity contribution is 5.85. The number of hydrogen-bond donors (Lipinski definition) is 2. The first-order chi connectivity index (χ1) is 10.2. The van der Waals surface area contributed by atoms with E-state index in [0.717, 1.165) is 18.8 Å². The molecule has 22 heavy (non-hydrogen) atoms. The van der Waals surface area contributed by atoms with Gasteiger partial charge < -0.3 is 10.6 Å². The van der Waals surface area contributed by atoms with Crippen molar-refractivity contribution in [3.8, 4) is 0 Å². The molecule has 2 heterocycles. The topological polar surface area (TPSA) is 71.8 Å². The first-order valence-corrected chi connectivity index (χ1v) is 7.15. The molecule has 118 valence electrons. The Morgan fingerprint density at radius 1 is 1.41 bits per heavy atom. The SMILES string of the molecule is Cl.Cn1cnc(CCNC(=O)C2Cc3ccccc3CN2)n1. The van der Waals surface area contributed by atoms with Crippen molar-refractivity contribution in [2.45, 2.75) is 25.4 Å². The number of nitrogens with one attached hydrogen (secondary N) is 2. The average Bonchev–Trinajstić information content (AvgIpc) is 2.92. The van der Waals surface area contributed by atoms with Gasteiger partial charge >= 0.3 is 0 Å². The molecule has 1 aliphatic rings. The van der Waals surface area contributed by atoms with E-state index in [1.54, 1.807) is 11.0 Å². The average molecular weight is 322 g/mol. The summed E-state index contributed by atoms with van der Waals surface area (Å²) in [7, 11) is 1.83. The van der Waals surface area contributed by atoms with Crippen LogP contribution in [0.2, 0.25) is 0 Å². The minimum Gasteiger partial charge on any atom is -0.354 e. The standard InChI is InChI=1S/C15H19N5O.ClH/c1-20-10-18-14(19-20)6-7-16-15(21)13-8-11-4-2-3-5-12(11)9-17-13;/h2-5,10,13,17H,6-9H2,1H3,(H,16,21);1H. The largest absolute Gasteiger partial charge is 0.354 e. The van der Waals surface area contributed by atoms with E-state index in [-0.39, 0.29) is 24.4 Å². The Morgan fingerprint density at radius 3 is 2.91 bits per heavy atom. The van der Waals surface area contributed by atoms with Crippen LogP contribution in [0, 0.1) is 0 Å². The molecule has 2 N–H and O–H groups in total. The smallest absolute Gasteiger partial charge is 0.237 e. The van der Waals surface area contributed by atoms with Crippen molar-refractivity contribution in [1.82, 2.24) is 25.4 Å². The van der Waals surface area contributed by atoms with E-state index >= 15 is 0 Å². The van der Waals surface area contributed by atoms with Gasteiger partial charge in [-0.2, -0.15) is 5.10 Å². The number of amides is 1. The van der Waals surface area contributed by atoms with E-state index < -0.39 is 0 Å². The van der Waals surface area contributed by atoms with Crippen LogP contribution in [0.25, 0.3) is 0 Å². The first-order valence-electron chi connectivity index (χ1n) is 7.15. The zero-order chi connectivity index (χ0) is 14.7. The van der Waals surface area contributed by atoms with Gasteiger partial charge in [-0.3, -0.25) is 9.48 Å². The van der Waals surface area contributed by atoms with Crippen LogP contribution in [0.5, 0.6) is 0 Å². The molecule has 0 bridgehead atoms. The fraction of sp³-hybridized carbons (Fsp3) is 0.400. The number of aryl methyl sites for hydroxylation is 1. The van der Waals surface area contributed by atoms with Crippen LogP contribution >= 0.6 is 12.4 Å². The molecule has 3 rings (SSSR count). The summed E-state index contributed by atoms with van der Waals surface area (Å²) in [4.78, 5) is 16.3. The van der Waals surface area contributed by atoms with Gasteiger partial charge in [0.05, 0.1) is 6.04 Å². The molecule has 0 aliphatic carbocycles. The molecule has 0 saturated heterocycles. The molecule has 1 unspecified atom stereocenters. The fourth-order valence-corrected chi connectivity index (χ4v) is 2.56. The normalized spacial score (nSPS) is 16.5. The summed E-state index contributed by atoms with van der Waals surface area (Å²) in [6.07, 6.45) is 3.05. The summed E-state index contributed by atoms with van der Waals surface area (Å²) >= 11 is 0. The molecule has 1 aromatic carbocycles. The van der Waals surface area contributed by atoms with Crippen LogP contribution in [0.4, 0.5) is 0 Å². The molecular formula is C15H20ClN5O. The summed E-state index contributed by atoms with van der Waals surface area (Å²) in [5.41, 5.74) is 2.53. The van der Waals surface area contributed by atoms with Crippen LogP contribution in [0.1, 0.15) is 17.0 Å². The zero-order valence-corrected chi connectivity index (χ0v) is 13.3. The fourth-order valence-electron chi connectivity index (χ4n) is 2.56. The van der Waals surface area contributed by atoms with Gasteiger partial charge in [-0.15, -0.1) is 12.4 Å². The van der Waals surface area contributed by atoms with Crippen LogP contribution in [-0.2, 0) is 31.2 Å². The minimum absolute atomic E-state index is 0. The molecule has 0 saturated carbocycles. The number of carbonyl (C=O) groups is 1. The molecule has 2 aromatic rings. The highest BCUT2D eigenvalue weighted by Crippen LogP contribution is 2.16. The molecule has 1 aliphatic heterocycles. The number of fused-ring (bicyclic) bond motifs is 1. The van der Waals surface area contributed by atoms with Crippen molar-refractivity contribution in [3.63, 3.8) is 0 Å². The Balaban J connectivity index is 0.00000176. The van der Waals surface area contributed by atoms with Crippen molar-refractivity contribution >= 4 is 18.3 Å². The minimum atomic E-state index is -0.156. The summed E-state index contributed by atoms with van der Waals surface area (Å²) in [6, 6.07) is 8.08. The number of carbonyl (C=O) groups excluding carboxylic acids is 1. The summed E-state index contributed by atoms with van der Waals surface area (Å²) in [5, 5.41) is 10.4. The van der Waals surface area contributed by atoms with Gasteiger partial charge in [0, 0.05) is 26.6 Å². The third-order valence-corrected chi connectivity index (χ3v) is 3.69. The van der Waals surface area contributed by atoms with Crippen molar-refractivity contribution < 1.29 is 4.79 Å². The summed E-state index contributed by atoms with van der Waals surface area (Å²) in [5.74, 6) is 0.792. The highest BCUT2D eigenvalue weighted by atomic mass is 35.5. The second-order valence-corrected chi connectivity index (χ2v) is 5.28. The van der Waals surface area contributed by atoms with Gasteiger partial charge in [0.25, 0.3) is 0 Å². The molecule has 1 atom stereocenters. The third kappa shape index (κ3) is 3.84. The van der Waals surface area contributed by atoms with E-state index in [9.17, 15) is 4.79 Å². The van der Waals surface area contributed by atoms with Gasteiger partial charge in [0.15, 0.2) is 5.82 Å². The lowest BCUT2D eigenvalue weighted by molar-refractivity contribution is -0.123. The van der Waals surface area contributed by atoms with Crippen LogP contribution < -0.4 is 10.6 Å². The third-order valence-electron chi connectivity index (χ3n) is 3.69. The van der Waals surface area contributed by atoms with Crippen molar-refractivity contribution in [2.75, 3.05) is 6.54 Å². The van der Waals surface area contributed by atoms with Crippen LogP contribution in [-0.4, -0.2) is 33.3 Å². The Hall–Kier alpha value is -1.92. The lowest BCUT2D eigenvalue weighted by Gasteiger charge is -2.25.